The molecule has 0 saturated heterocycles. The highest BCUT2D eigenvalue weighted by Gasteiger charge is 2.42. The smallest absolute Gasteiger partial charge is 0.378 e. The number of nitrogens with one attached hydrogen (secondary N) is 1. The molecule has 0 bridgehead atoms. The number of alkyl halides is 3. The van der Waals surface area contributed by atoms with Gasteiger partial charge in [-0.15, -0.1) is 0 Å². The molecule has 1 fully saturated rings. The molecule has 1 aliphatic heterocycles. The van der Waals surface area contributed by atoms with Crippen molar-refractivity contribution < 1.29 is 22.7 Å². The SMILES string of the molecule is CCOC1CC(n2cc([SH]3C=C(C(N)=O)N=C3c3cn[nH]c3)c(C(F)(F)F)n2)C1. The van der Waals surface area contributed by atoms with E-state index in [0.717, 1.165) is 0 Å². The van der Waals surface area contributed by atoms with Crippen molar-refractivity contribution in [2.45, 2.75) is 43.0 Å². The normalized spacial score (nSPS) is 25.4. The summed E-state index contributed by atoms with van der Waals surface area (Å²) >= 11 is 0. The molecule has 1 amide bonds. The minimum absolute atomic E-state index is 0.0106. The van der Waals surface area contributed by atoms with Gasteiger partial charge in [0.1, 0.15) is 5.70 Å². The van der Waals surface area contributed by atoms with Crippen LogP contribution in [-0.2, 0) is 15.7 Å². The number of rotatable bonds is 6. The van der Waals surface area contributed by atoms with E-state index in [-0.39, 0.29) is 22.7 Å². The van der Waals surface area contributed by atoms with Crippen LogP contribution in [0.25, 0.3) is 0 Å². The van der Waals surface area contributed by atoms with Gasteiger partial charge in [-0.25, -0.2) is 4.99 Å². The molecule has 29 heavy (non-hydrogen) atoms. The largest absolute Gasteiger partial charge is 0.436 e. The fourth-order valence-corrected chi connectivity index (χ4v) is 5.51. The van der Waals surface area contributed by atoms with E-state index in [4.69, 9.17) is 10.5 Å². The van der Waals surface area contributed by atoms with Crippen molar-refractivity contribution in [2.75, 3.05) is 6.61 Å². The molecule has 0 aromatic carbocycles. The minimum Gasteiger partial charge on any atom is -0.378 e. The minimum atomic E-state index is -4.64. The Morgan fingerprint density at radius 2 is 2.21 bits per heavy atom. The van der Waals surface area contributed by atoms with Crippen molar-refractivity contribution in [3.63, 3.8) is 0 Å². The molecular weight excluding hydrogens is 409 g/mol. The van der Waals surface area contributed by atoms with Gasteiger partial charge in [0.15, 0.2) is 5.69 Å². The second kappa shape index (κ2) is 7.34. The van der Waals surface area contributed by atoms with Crippen LogP contribution in [0.15, 0.2) is 39.6 Å². The van der Waals surface area contributed by atoms with Crippen molar-refractivity contribution in [2.24, 2.45) is 10.7 Å². The van der Waals surface area contributed by atoms with Crippen LogP contribution in [0.5, 0.6) is 0 Å². The van der Waals surface area contributed by atoms with Crippen LogP contribution in [0, 0.1) is 0 Å². The first-order chi connectivity index (χ1) is 13.8. The number of thiol groups is 1. The first-order valence-corrected chi connectivity index (χ1v) is 10.4. The van der Waals surface area contributed by atoms with E-state index >= 15 is 0 Å². The lowest BCUT2D eigenvalue weighted by Crippen LogP contribution is -2.33. The van der Waals surface area contributed by atoms with Crippen LogP contribution in [0.3, 0.4) is 0 Å². The zero-order valence-corrected chi connectivity index (χ0v) is 16.2. The summed E-state index contributed by atoms with van der Waals surface area (Å²) in [5, 5.41) is 12.0. The quantitative estimate of drug-likeness (QED) is 0.614. The van der Waals surface area contributed by atoms with Gasteiger partial charge >= 0.3 is 6.18 Å². The van der Waals surface area contributed by atoms with E-state index in [1.807, 2.05) is 6.92 Å². The maximum atomic E-state index is 13.8. The summed E-state index contributed by atoms with van der Waals surface area (Å²) in [5.41, 5.74) is 4.79. The predicted octanol–water partition coefficient (Wildman–Crippen LogP) is 2.51. The predicted molar refractivity (Wildman–Crippen MR) is 101 cm³/mol. The Balaban J connectivity index is 1.73. The lowest BCUT2D eigenvalue weighted by molar-refractivity contribution is -0.143. The number of aliphatic imine (C=N–C) groups is 1. The van der Waals surface area contributed by atoms with E-state index < -0.39 is 28.7 Å². The summed E-state index contributed by atoms with van der Waals surface area (Å²) in [4.78, 5) is 15.8. The third kappa shape index (κ3) is 3.69. The van der Waals surface area contributed by atoms with Gasteiger partial charge in [-0.2, -0.15) is 34.3 Å². The number of nitrogens with two attached hydrogens (primary N) is 1. The van der Waals surface area contributed by atoms with E-state index in [2.05, 4.69) is 20.3 Å². The molecule has 0 radical (unpaired) electrons. The molecule has 2 aliphatic rings. The zero-order chi connectivity index (χ0) is 20.8. The second-order valence-electron chi connectivity index (χ2n) is 6.71. The Bertz CT molecular complexity index is 976. The number of carbonyl (C=O) groups excluding carboxylic acids is 1. The first-order valence-electron chi connectivity index (χ1n) is 8.94. The average Bonchev–Trinajstić information content (AvgIpc) is 3.34. The van der Waals surface area contributed by atoms with Crippen LogP contribution in [0.2, 0.25) is 0 Å². The second-order valence-corrected chi connectivity index (χ2v) is 8.62. The van der Waals surface area contributed by atoms with Gasteiger partial charge in [0.2, 0.25) is 0 Å². The number of primary amides is 1. The Hall–Kier alpha value is -2.60. The summed E-state index contributed by atoms with van der Waals surface area (Å²) < 4.78 is 48.1. The summed E-state index contributed by atoms with van der Waals surface area (Å²) in [6.07, 6.45) is 0.983. The number of H-pyrrole nitrogens is 1. The topological polar surface area (TPSA) is 111 Å². The number of aromatic amines is 1. The van der Waals surface area contributed by atoms with Crippen molar-refractivity contribution in [1.82, 2.24) is 20.0 Å². The fourth-order valence-electron chi connectivity index (χ4n) is 3.33. The number of hydrogen-bond acceptors (Lipinski definition) is 5. The van der Waals surface area contributed by atoms with Crippen LogP contribution in [-0.4, -0.2) is 43.6 Å². The maximum Gasteiger partial charge on any atom is 0.436 e. The van der Waals surface area contributed by atoms with Gasteiger partial charge < -0.3 is 10.5 Å². The highest BCUT2D eigenvalue weighted by molar-refractivity contribution is 8.33. The summed E-state index contributed by atoms with van der Waals surface area (Å²) in [6, 6.07) is -0.159. The maximum absolute atomic E-state index is 13.8. The van der Waals surface area contributed by atoms with Crippen molar-refractivity contribution in [1.29, 1.82) is 0 Å². The molecule has 3 heterocycles. The zero-order valence-electron chi connectivity index (χ0n) is 15.3. The standard InChI is InChI=1S/C17H19F3N6O2S/c1-2-28-11-3-10(4-11)26-7-13(14(25-26)17(18,19)20)29-8-12(15(21)27)24-16(29)9-5-22-23-6-9/h5-8,10-11,29H,2-4H2,1H3,(H2,21,27)(H,22,23). The summed E-state index contributed by atoms with van der Waals surface area (Å²) in [5.74, 6) is -0.796. The number of aromatic nitrogens is 4. The Labute approximate surface area is 166 Å². The highest BCUT2D eigenvalue weighted by Crippen LogP contribution is 2.51. The van der Waals surface area contributed by atoms with Gasteiger partial charge in [-0.3, -0.25) is 14.6 Å². The molecule has 1 unspecified atom stereocenters. The van der Waals surface area contributed by atoms with Crippen LogP contribution in [0.1, 0.15) is 37.1 Å². The molecule has 12 heteroatoms. The number of ether oxygens (including phenoxy) is 1. The Morgan fingerprint density at radius 1 is 1.45 bits per heavy atom. The number of amides is 1. The lowest BCUT2D eigenvalue weighted by atomic mass is 9.89. The summed E-state index contributed by atoms with van der Waals surface area (Å²) in [7, 11) is -1.72. The van der Waals surface area contributed by atoms with E-state index in [1.165, 1.54) is 28.7 Å². The van der Waals surface area contributed by atoms with Gasteiger partial charge in [0, 0.05) is 29.5 Å². The molecule has 1 aliphatic carbocycles. The van der Waals surface area contributed by atoms with Gasteiger partial charge in [-0.1, -0.05) is 0 Å². The lowest BCUT2D eigenvalue weighted by Gasteiger charge is -2.34. The fraction of sp³-hybridized carbons (Fsp3) is 0.412. The van der Waals surface area contributed by atoms with Crippen LogP contribution in [0.4, 0.5) is 13.2 Å². The number of halogens is 3. The third-order valence-corrected chi connectivity index (χ3v) is 6.97. The van der Waals surface area contributed by atoms with E-state index in [1.54, 1.807) is 0 Å². The molecular formula is C17H19F3N6O2S. The van der Waals surface area contributed by atoms with Crippen molar-refractivity contribution in [3.8, 4) is 0 Å². The highest BCUT2D eigenvalue weighted by atomic mass is 32.2. The molecule has 4 rings (SSSR count). The molecule has 0 spiro atoms. The van der Waals surface area contributed by atoms with Crippen molar-refractivity contribution in [3.05, 3.63) is 41.0 Å². The Kier molecular flexibility index (Phi) is 4.99. The number of carbonyl (C=O) groups is 1. The van der Waals surface area contributed by atoms with Gasteiger partial charge in [0.25, 0.3) is 5.91 Å². The third-order valence-electron chi connectivity index (χ3n) is 4.80. The molecule has 3 N–H and O–H groups in total. The number of hydrogen-bond donors (Lipinski definition) is 3. The molecule has 2 aromatic rings. The molecule has 8 nitrogen and oxygen atoms in total. The van der Waals surface area contributed by atoms with Gasteiger partial charge in [-0.05, 0) is 25.2 Å². The van der Waals surface area contributed by atoms with Crippen molar-refractivity contribution >= 4 is 21.8 Å². The molecule has 2 aromatic heterocycles. The van der Waals surface area contributed by atoms with E-state index in [9.17, 15) is 18.0 Å². The molecule has 1 saturated carbocycles. The molecule has 1 atom stereocenters. The van der Waals surface area contributed by atoms with Crippen LogP contribution >= 0.6 is 10.9 Å². The molecule has 156 valence electrons. The van der Waals surface area contributed by atoms with Gasteiger partial charge in [0.05, 0.1) is 23.4 Å². The van der Waals surface area contributed by atoms with Crippen LogP contribution < -0.4 is 5.73 Å². The average molecular weight is 428 g/mol. The Morgan fingerprint density at radius 3 is 2.79 bits per heavy atom. The van der Waals surface area contributed by atoms with E-state index in [0.29, 0.717) is 30.1 Å². The number of nitrogens with zero attached hydrogens (tertiary/aromatic N) is 4. The summed E-state index contributed by atoms with van der Waals surface area (Å²) in [6.45, 7) is 2.44. The first kappa shape index (κ1) is 19.7. The monoisotopic (exact) mass is 428 g/mol.